The van der Waals surface area contributed by atoms with Crippen molar-refractivity contribution in [2.75, 3.05) is 18.1 Å². The van der Waals surface area contributed by atoms with Gasteiger partial charge in [-0.2, -0.15) is 0 Å². The van der Waals surface area contributed by atoms with Crippen LogP contribution in [-0.4, -0.2) is 25.0 Å². The van der Waals surface area contributed by atoms with Crippen LogP contribution >= 0.6 is 11.6 Å². The average molecular weight is 387 g/mol. The Balaban J connectivity index is 1.59. The van der Waals surface area contributed by atoms with Crippen LogP contribution in [0, 0.1) is 6.92 Å². The third-order valence-electron chi connectivity index (χ3n) is 4.71. The molecule has 2 aromatic rings. The van der Waals surface area contributed by atoms with Gasteiger partial charge in [-0.1, -0.05) is 29.8 Å². The van der Waals surface area contributed by atoms with Crippen LogP contribution in [0.15, 0.2) is 42.5 Å². The lowest BCUT2D eigenvalue weighted by Crippen LogP contribution is -2.31. The Morgan fingerprint density at radius 3 is 2.81 bits per heavy atom. The largest absolute Gasteiger partial charge is 0.483 e. The summed E-state index contributed by atoms with van der Waals surface area (Å²) in [5.41, 5.74) is 2.63. The van der Waals surface area contributed by atoms with Gasteiger partial charge in [-0.3, -0.25) is 9.59 Å². The molecule has 2 aromatic carbocycles. The van der Waals surface area contributed by atoms with Crippen LogP contribution in [0.3, 0.4) is 0 Å². The highest BCUT2D eigenvalue weighted by Crippen LogP contribution is 2.26. The predicted molar refractivity (Wildman–Crippen MR) is 106 cm³/mol. The third kappa shape index (κ3) is 4.61. The van der Waals surface area contributed by atoms with Gasteiger partial charge in [0.2, 0.25) is 5.91 Å². The molecule has 0 bridgehead atoms. The number of benzene rings is 2. The summed E-state index contributed by atoms with van der Waals surface area (Å²) in [4.78, 5) is 26.0. The van der Waals surface area contributed by atoms with E-state index in [-0.39, 0.29) is 24.5 Å². The Morgan fingerprint density at radius 2 is 2.07 bits per heavy atom. The van der Waals surface area contributed by atoms with Crippen molar-refractivity contribution in [1.82, 2.24) is 5.32 Å². The zero-order chi connectivity index (χ0) is 19.4. The second-order valence-electron chi connectivity index (χ2n) is 6.68. The van der Waals surface area contributed by atoms with Crippen molar-refractivity contribution in [3.63, 3.8) is 0 Å². The van der Waals surface area contributed by atoms with Crippen LogP contribution in [0.1, 0.15) is 36.9 Å². The van der Waals surface area contributed by atoms with Crippen LogP contribution in [0.2, 0.25) is 5.02 Å². The summed E-state index contributed by atoms with van der Waals surface area (Å²) in [5.74, 6) is 0.526. The summed E-state index contributed by atoms with van der Waals surface area (Å²) < 4.78 is 5.59. The van der Waals surface area contributed by atoms with Crippen molar-refractivity contribution in [2.24, 2.45) is 0 Å². The lowest BCUT2D eigenvalue weighted by molar-refractivity contribution is -0.123. The summed E-state index contributed by atoms with van der Waals surface area (Å²) in [5, 5.41) is 3.54. The van der Waals surface area contributed by atoms with Gasteiger partial charge in [0.25, 0.3) is 5.91 Å². The maximum Gasteiger partial charge on any atom is 0.258 e. The Kier molecular flexibility index (Phi) is 6.01. The van der Waals surface area contributed by atoms with E-state index in [1.807, 2.05) is 38.1 Å². The summed E-state index contributed by atoms with van der Waals surface area (Å²) in [6.45, 7) is 4.42. The fourth-order valence-electron chi connectivity index (χ4n) is 3.14. The molecule has 0 radical (unpaired) electrons. The number of hydrogen-bond donors (Lipinski definition) is 1. The van der Waals surface area contributed by atoms with Crippen molar-refractivity contribution < 1.29 is 14.3 Å². The van der Waals surface area contributed by atoms with E-state index in [0.29, 0.717) is 17.2 Å². The molecule has 0 saturated carbocycles. The normalized spacial score (nSPS) is 14.9. The van der Waals surface area contributed by atoms with Gasteiger partial charge in [-0.25, -0.2) is 0 Å². The van der Waals surface area contributed by atoms with Crippen molar-refractivity contribution in [1.29, 1.82) is 0 Å². The number of anilines is 1. The number of carbonyl (C=O) groups excluding carboxylic acids is 2. The number of ether oxygens (including phenoxy) is 1. The lowest BCUT2D eigenvalue weighted by atomic mass is 10.1. The van der Waals surface area contributed by atoms with Crippen molar-refractivity contribution >= 4 is 29.1 Å². The van der Waals surface area contributed by atoms with E-state index >= 15 is 0 Å². The predicted octanol–water partition coefficient (Wildman–Crippen LogP) is 4.03. The molecule has 6 heteroatoms. The zero-order valence-electron chi connectivity index (χ0n) is 15.5. The minimum atomic E-state index is -0.218. The zero-order valence-corrected chi connectivity index (χ0v) is 16.3. The molecular weight excluding hydrogens is 364 g/mol. The number of amides is 2. The van der Waals surface area contributed by atoms with Gasteiger partial charge >= 0.3 is 0 Å². The molecule has 0 aliphatic carbocycles. The van der Waals surface area contributed by atoms with Gasteiger partial charge in [-0.05, 0) is 50.1 Å². The second-order valence-corrected chi connectivity index (χ2v) is 7.09. The SMILES string of the molecule is Cc1c(Cl)cccc1OCC(=O)NC(C)c1cccc(N2CCCC2=O)c1. The smallest absolute Gasteiger partial charge is 0.258 e. The minimum absolute atomic E-state index is 0.0875. The maximum absolute atomic E-state index is 12.3. The molecule has 1 N–H and O–H groups in total. The van der Waals surface area contributed by atoms with Crippen LogP contribution in [-0.2, 0) is 9.59 Å². The van der Waals surface area contributed by atoms with Gasteiger partial charge < -0.3 is 15.0 Å². The van der Waals surface area contributed by atoms with E-state index in [4.69, 9.17) is 16.3 Å². The maximum atomic E-state index is 12.3. The molecule has 0 aromatic heterocycles. The molecular formula is C21H23ClN2O3. The van der Waals surface area contributed by atoms with Crippen molar-refractivity contribution in [3.05, 3.63) is 58.6 Å². The van der Waals surface area contributed by atoms with Crippen LogP contribution in [0.4, 0.5) is 5.69 Å². The Morgan fingerprint density at radius 1 is 1.30 bits per heavy atom. The monoisotopic (exact) mass is 386 g/mol. The van der Waals surface area contributed by atoms with E-state index in [1.165, 1.54) is 0 Å². The molecule has 0 spiro atoms. The highest BCUT2D eigenvalue weighted by Gasteiger charge is 2.22. The third-order valence-corrected chi connectivity index (χ3v) is 5.12. The quantitative estimate of drug-likeness (QED) is 0.815. The summed E-state index contributed by atoms with van der Waals surface area (Å²) in [7, 11) is 0. The Bertz CT molecular complexity index is 853. The number of halogens is 1. The molecule has 1 aliphatic heterocycles. The summed E-state index contributed by atoms with van der Waals surface area (Å²) in [6.07, 6.45) is 1.48. The summed E-state index contributed by atoms with van der Waals surface area (Å²) in [6, 6.07) is 12.9. The molecule has 142 valence electrons. The molecule has 2 amide bonds. The van der Waals surface area contributed by atoms with Gasteiger partial charge in [0.05, 0.1) is 6.04 Å². The van der Waals surface area contributed by atoms with Gasteiger partial charge in [0, 0.05) is 29.2 Å². The Labute approximate surface area is 164 Å². The van der Waals surface area contributed by atoms with E-state index in [1.54, 1.807) is 23.1 Å². The number of hydrogen-bond acceptors (Lipinski definition) is 3. The van der Waals surface area contributed by atoms with Crippen LogP contribution in [0.5, 0.6) is 5.75 Å². The topological polar surface area (TPSA) is 58.6 Å². The first-order chi connectivity index (χ1) is 13.0. The Hall–Kier alpha value is -2.53. The number of carbonyl (C=O) groups is 2. The fourth-order valence-corrected chi connectivity index (χ4v) is 3.30. The van der Waals surface area contributed by atoms with Crippen molar-refractivity contribution in [2.45, 2.75) is 32.7 Å². The van der Waals surface area contributed by atoms with E-state index < -0.39 is 0 Å². The fraction of sp³-hybridized carbons (Fsp3) is 0.333. The highest BCUT2D eigenvalue weighted by molar-refractivity contribution is 6.31. The highest BCUT2D eigenvalue weighted by atomic mass is 35.5. The number of rotatable bonds is 6. The number of nitrogens with one attached hydrogen (secondary N) is 1. The van der Waals surface area contributed by atoms with Gasteiger partial charge in [-0.15, -0.1) is 0 Å². The van der Waals surface area contributed by atoms with Crippen molar-refractivity contribution in [3.8, 4) is 5.75 Å². The van der Waals surface area contributed by atoms with Crippen LogP contribution in [0.25, 0.3) is 0 Å². The van der Waals surface area contributed by atoms with E-state index in [0.717, 1.165) is 29.8 Å². The second kappa shape index (κ2) is 8.44. The van der Waals surface area contributed by atoms with Gasteiger partial charge in [0.15, 0.2) is 6.61 Å². The molecule has 1 aliphatic rings. The van der Waals surface area contributed by atoms with Crippen LogP contribution < -0.4 is 15.0 Å². The molecule has 27 heavy (non-hydrogen) atoms. The molecule has 3 rings (SSSR count). The first-order valence-corrected chi connectivity index (χ1v) is 9.41. The standard InChI is InChI=1S/C21H23ClN2O3/c1-14-18(22)8-4-9-19(14)27-13-20(25)23-15(2)16-6-3-7-17(12-16)24-11-5-10-21(24)26/h3-4,6-9,12,15H,5,10-11,13H2,1-2H3,(H,23,25). The first-order valence-electron chi connectivity index (χ1n) is 9.03. The van der Waals surface area contributed by atoms with Gasteiger partial charge in [0.1, 0.15) is 5.75 Å². The molecule has 1 atom stereocenters. The molecule has 1 heterocycles. The molecule has 1 unspecified atom stereocenters. The van der Waals surface area contributed by atoms with E-state index in [9.17, 15) is 9.59 Å². The average Bonchev–Trinajstić information content (AvgIpc) is 3.09. The first kappa shape index (κ1) is 19.2. The molecule has 1 fully saturated rings. The number of nitrogens with zero attached hydrogens (tertiary/aromatic N) is 1. The van der Waals surface area contributed by atoms with E-state index in [2.05, 4.69) is 5.32 Å². The summed E-state index contributed by atoms with van der Waals surface area (Å²) >= 11 is 6.06. The molecule has 5 nitrogen and oxygen atoms in total. The lowest BCUT2D eigenvalue weighted by Gasteiger charge is -2.20. The minimum Gasteiger partial charge on any atom is -0.483 e. The molecule has 1 saturated heterocycles.